The zero-order chi connectivity index (χ0) is 26.5. The molecule has 0 radical (unpaired) electrons. The molecule has 3 aliphatic rings. The number of thioether (sulfide) groups is 1. The van der Waals surface area contributed by atoms with Crippen LogP contribution < -0.4 is 15.4 Å². The molecule has 38 heavy (non-hydrogen) atoms. The minimum absolute atomic E-state index is 0.0686. The second-order valence-electron chi connectivity index (χ2n) is 9.54. The Morgan fingerprint density at radius 3 is 2.63 bits per heavy atom. The molecule has 0 unspecified atom stereocenters. The van der Waals surface area contributed by atoms with E-state index in [4.69, 9.17) is 4.74 Å². The molecule has 2 heterocycles. The number of hydrogen-bond acceptors (Lipinski definition) is 7. The van der Waals surface area contributed by atoms with Crippen LogP contribution in [0.3, 0.4) is 0 Å². The Hall–Kier alpha value is -3.66. The van der Waals surface area contributed by atoms with Crippen molar-refractivity contribution in [3.8, 4) is 5.75 Å². The highest BCUT2D eigenvalue weighted by atomic mass is 32.2. The fourth-order valence-electron chi connectivity index (χ4n) is 4.97. The molecule has 2 aliphatic heterocycles. The van der Waals surface area contributed by atoms with Crippen LogP contribution in [0.15, 0.2) is 58.5 Å². The molecule has 0 saturated heterocycles. The summed E-state index contributed by atoms with van der Waals surface area (Å²) < 4.78 is 5.34. The van der Waals surface area contributed by atoms with E-state index in [1.165, 1.54) is 23.1 Å². The van der Waals surface area contributed by atoms with Crippen molar-refractivity contribution in [2.24, 2.45) is 9.98 Å². The smallest absolute Gasteiger partial charge is 0.259 e. The maximum absolute atomic E-state index is 13.4. The van der Waals surface area contributed by atoms with Gasteiger partial charge in [0.2, 0.25) is 11.8 Å². The standard InChI is InChI=1S/C28H31N5O4S/c1-37-23-14-8-5-9-18(23)16-29-24(34)15-22-27(36)33-26(31-22)20-12-6-7-13-21(20)32-28(33)38-17-25(35)30-19-10-3-2-4-11-19/h5-9,12-14,19,22H,2-4,10-11,15-17H2,1H3,(H,29,34)(H,30,35)/t22-/m0/s1. The van der Waals surface area contributed by atoms with E-state index < -0.39 is 6.04 Å². The van der Waals surface area contributed by atoms with Gasteiger partial charge in [0.1, 0.15) is 17.6 Å². The summed E-state index contributed by atoms with van der Waals surface area (Å²) in [4.78, 5) is 49.6. The lowest BCUT2D eigenvalue weighted by Crippen LogP contribution is -2.43. The molecule has 10 heteroatoms. The fourth-order valence-corrected chi connectivity index (χ4v) is 5.78. The normalized spacial score (nSPS) is 18.7. The van der Waals surface area contributed by atoms with Gasteiger partial charge in [-0.25, -0.2) is 9.89 Å². The number of nitrogens with one attached hydrogen (secondary N) is 2. The SMILES string of the molecule is COc1ccccc1CNC(=O)C[C@@H]1N=C2c3ccccc3N=C(SCC(=O)NC3CCCCC3)N2C1=O. The number of benzene rings is 2. The van der Waals surface area contributed by atoms with Gasteiger partial charge < -0.3 is 15.4 Å². The van der Waals surface area contributed by atoms with Gasteiger partial charge in [-0.15, -0.1) is 0 Å². The van der Waals surface area contributed by atoms with Crippen molar-refractivity contribution in [2.45, 2.75) is 57.2 Å². The largest absolute Gasteiger partial charge is 0.496 e. The van der Waals surface area contributed by atoms with Crippen molar-refractivity contribution >= 4 is 46.2 Å². The minimum Gasteiger partial charge on any atom is -0.496 e. The highest BCUT2D eigenvalue weighted by Gasteiger charge is 2.42. The van der Waals surface area contributed by atoms with Crippen molar-refractivity contribution < 1.29 is 19.1 Å². The Morgan fingerprint density at radius 1 is 1.05 bits per heavy atom. The van der Waals surface area contributed by atoms with Crippen molar-refractivity contribution in [3.05, 3.63) is 59.7 Å². The van der Waals surface area contributed by atoms with Gasteiger partial charge >= 0.3 is 0 Å². The van der Waals surface area contributed by atoms with Crippen LogP contribution in [0.1, 0.15) is 49.7 Å². The van der Waals surface area contributed by atoms with Crippen LogP contribution in [-0.4, -0.2) is 58.6 Å². The summed E-state index contributed by atoms with van der Waals surface area (Å²) in [5.41, 5.74) is 2.26. The first-order chi connectivity index (χ1) is 18.5. The predicted molar refractivity (Wildman–Crippen MR) is 148 cm³/mol. The van der Waals surface area contributed by atoms with E-state index in [1.54, 1.807) is 7.11 Å². The number of nitrogens with zero attached hydrogens (tertiary/aromatic N) is 3. The Labute approximate surface area is 226 Å². The highest BCUT2D eigenvalue weighted by Crippen LogP contribution is 2.34. The first kappa shape index (κ1) is 26.0. The number of amidine groups is 2. The molecule has 5 rings (SSSR count). The molecule has 2 aromatic carbocycles. The van der Waals surface area contributed by atoms with E-state index in [9.17, 15) is 14.4 Å². The zero-order valence-corrected chi connectivity index (χ0v) is 22.1. The lowest BCUT2D eigenvalue weighted by Gasteiger charge is -2.26. The quantitative estimate of drug-likeness (QED) is 0.539. The summed E-state index contributed by atoms with van der Waals surface area (Å²) in [7, 11) is 1.58. The van der Waals surface area contributed by atoms with E-state index in [-0.39, 0.29) is 42.5 Å². The van der Waals surface area contributed by atoms with Crippen LogP contribution in [0.4, 0.5) is 5.69 Å². The van der Waals surface area contributed by atoms with Gasteiger partial charge in [0.05, 0.1) is 25.0 Å². The highest BCUT2D eigenvalue weighted by molar-refractivity contribution is 8.14. The Balaban J connectivity index is 1.26. The molecule has 1 fully saturated rings. The number of rotatable bonds is 8. The molecule has 2 N–H and O–H groups in total. The summed E-state index contributed by atoms with van der Waals surface area (Å²) in [6.45, 7) is 0.283. The summed E-state index contributed by atoms with van der Waals surface area (Å²) >= 11 is 1.22. The molecular weight excluding hydrogens is 502 g/mol. The lowest BCUT2D eigenvalue weighted by atomic mass is 9.95. The first-order valence-electron chi connectivity index (χ1n) is 12.9. The molecule has 1 atom stereocenters. The number of aliphatic imine (C=N–C) groups is 2. The van der Waals surface area contributed by atoms with Crippen LogP contribution in [-0.2, 0) is 20.9 Å². The second-order valence-corrected chi connectivity index (χ2v) is 10.5. The van der Waals surface area contributed by atoms with Gasteiger partial charge in [0.25, 0.3) is 5.91 Å². The van der Waals surface area contributed by atoms with Gasteiger partial charge in [-0.2, -0.15) is 0 Å². The van der Waals surface area contributed by atoms with Gasteiger partial charge in [-0.05, 0) is 31.0 Å². The molecule has 198 valence electrons. The number of fused-ring (bicyclic) bond motifs is 3. The predicted octanol–water partition coefficient (Wildman–Crippen LogP) is 3.54. The third-order valence-corrected chi connectivity index (χ3v) is 7.84. The van der Waals surface area contributed by atoms with Crippen molar-refractivity contribution in [2.75, 3.05) is 12.9 Å². The van der Waals surface area contributed by atoms with Gasteiger partial charge in [-0.1, -0.05) is 61.4 Å². The van der Waals surface area contributed by atoms with Crippen molar-refractivity contribution in [1.29, 1.82) is 0 Å². The van der Waals surface area contributed by atoms with Crippen LogP contribution in [0, 0.1) is 0 Å². The Kier molecular flexibility index (Phi) is 8.07. The van der Waals surface area contributed by atoms with Gasteiger partial charge in [0, 0.05) is 23.7 Å². The molecular formula is C28H31N5O4S. The number of amides is 3. The number of ether oxygens (including phenoxy) is 1. The topological polar surface area (TPSA) is 112 Å². The zero-order valence-electron chi connectivity index (χ0n) is 21.3. The number of methoxy groups -OCH3 is 1. The average Bonchev–Trinajstić information content (AvgIpc) is 3.27. The van der Waals surface area contributed by atoms with Crippen molar-refractivity contribution in [1.82, 2.24) is 15.5 Å². The first-order valence-corrected chi connectivity index (χ1v) is 13.9. The third-order valence-electron chi connectivity index (χ3n) is 6.90. The maximum atomic E-state index is 13.4. The Bertz CT molecular complexity index is 1290. The second kappa shape index (κ2) is 11.8. The summed E-state index contributed by atoms with van der Waals surface area (Å²) in [6, 6.07) is 14.3. The number of para-hydroxylation sites is 2. The van der Waals surface area contributed by atoms with E-state index in [1.807, 2.05) is 48.5 Å². The van der Waals surface area contributed by atoms with Crippen LogP contribution >= 0.6 is 11.8 Å². The van der Waals surface area contributed by atoms with Gasteiger partial charge in [0.15, 0.2) is 5.17 Å². The summed E-state index contributed by atoms with van der Waals surface area (Å²) in [6.07, 6.45) is 5.42. The molecule has 0 aromatic heterocycles. The number of carbonyl (C=O) groups excluding carboxylic acids is 3. The molecule has 1 aliphatic carbocycles. The van der Waals surface area contributed by atoms with Crippen LogP contribution in [0.25, 0.3) is 0 Å². The maximum Gasteiger partial charge on any atom is 0.259 e. The molecule has 9 nitrogen and oxygen atoms in total. The van der Waals surface area contributed by atoms with E-state index in [2.05, 4.69) is 20.6 Å². The monoisotopic (exact) mass is 533 g/mol. The van der Waals surface area contributed by atoms with Gasteiger partial charge in [-0.3, -0.25) is 19.4 Å². The fraction of sp³-hybridized carbons (Fsp3) is 0.393. The summed E-state index contributed by atoms with van der Waals surface area (Å²) in [5, 5.41) is 6.38. The van der Waals surface area contributed by atoms with E-state index >= 15 is 0 Å². The molecule has 2 aromatic rings. The summed E-state index contributed by atoms with van der Waals surface area (Å²) in [5.74, 6) is 0.632. The van der Waals surface area contributed by atoms with Crippen LogP contribution in [0.5, 0.6) is 5.75 Å². The molecule has 0 bridgehead atoms. The lowest BCUT2D eigenvalue weighted by molar-refractivity contribution is -0.128. The Morgan fingerprint density at radius 2 is 1.82 bits per heavy atom. The number of hydrogen-bond donors (Lipinski definition) is 2. The minimum atomic E-state index is -0.865. The van der Waals surface area contributed by atoms with Crippen molar-refractivity contribution in [3.63, 3.8) is 0 Å². The van der Waals surface area contributed by atoms with E-state index in [0.717, 1.165) is 36.8 Å². The molecule has 1 saturated carbocycles. The third kappa shape index (κ3) is 5.75. The van der Waals surface area contributed by atoms with E-state index in [0.29, 0.717) is 22.4 Å². The average molecular weight is 534 g/mol. The molecule has 0 spiro atoms. The molecule has 3 amide bonds. The number of carbonyl (C=O) groups is 3. The van der Waals surface area contributed by atoms with Crippen LogP contribution in [0.2, 0.25) is 0 Å².